The molecule has 1 aliphatic carbocycles. The number of nitrogens with one attached hydrogen (secondary N) is 1. The van der Waals surface area contributed by atoms with Crippen LogP contribution in [0.15, 0.2) is 6.33 Å². The number of nitrogens with zero attached hydrogens (tertiary/aromatic N) is 4. The number of hydrogen-bond acceptors (Lipinski definition) is 5. The minimum absolute atomic E-state index is 0.109. The smallest absolute Gasteiger partial charge is 0.147 e. The fourth-order valence-electron chi connectivity index (χ4n) is 3.97. The molecule has 1 fully saturated rings. The van der Waals surface area contributed by atoms with E-state index in [-0.39, 0.29) is 12.1 Å². The Labute approximate surface area is 126 Å². The van der Waals surface area contributed by atoms with E-state index in [1.54, 1.807) is 0 Å². The number of aromatic nitrogens is 3. The second kappa shape index (κ2) is 6.02. The predicted molar refractivity (Wildman–Crippen MR) is 80.8 cm³/mol. The van der Waals surface area contributed by atoms with E-state index in [9.17, 15) is 5.11 Å². The van der Waals surface area contributed by atoms with Crippen LogP contribution < -0.4 is 5.32 Å². The van der Waals surface area contributed by atoms with E-state index in [1.165, 1.54) is 12.8 Å². The van der Waals surface area contributed by atoms with Crippen molar-refractivity contribution in [3.63, 3.8) is 0 Å². The first-order valence-electron chi connectivity index (χ1n) is 8.11. The molecule has 6 nitrogen and oxygen atoms in total. The van der Waals surface area contributed by atoms with Crippen LogP contribution in [0.4, 0.5) is 0 Å². The maximum atomic E-state index is 9.92. The van der Waals surface area contributed by atoms with Gasteiger partial charge in [-0.3, -0.25) is 4.90 Å². The van der Waals surface area contributed by atoms with Gasteiger partial charge in [0.15, 0.2) is 0 Å². The average Bonchev–Trinajstić information content (AvgIpc) is 2.94. The zero-order chi connectivity index (χ0) is 14.9. The van der Waals surface area contributed by atoms with Crippen LogP contribution in [0.2, 0.25) is 0 Å². The monoisotopic (exact) mass is 293 g/mol. The average molecular weight is 293 g/mol. The van der Waals surface area contributed by atoms with Gasteiger partial charge in [0.1, 0.15) is 12.2 Å². The minimum atomic E-state index is -0.109. The third-order valence-electron chi connectivity index (χ3n) is 4.90. The van der Waals surface area contributed by atoms with E-state index >= 15 is 0 Å². The number of aliphatic hydroxyl groups excluding tert-OH is 1. The maximum Gasteiger partial charge on any atom is 0.147 e. The Balaban J connectivity index is 1.69. The minimum Gasteiger partial charge on any atom is -0.394 e. The lowest BCUT2D eigenvalue weighted by atomic mass is 9.78. The predicted octanol–water partition coefficient (Wildman–Crippen LogP) is 0.765. The van der Waals surface area contributed by atoms with E-state index in [2.05, 4.69) is 38.8 Å². The molecule has 2 heterocycles. The summed E-state index contributed by atoms with van der Waals surface area (Å²) < 4.78 is 2.14. The van der Waals surface area contributed by atoms with Crippen LogP contribution in [0, 0.1) is 0 Å². The van der Waals surface area contributed by atoms with Crippen molar-refractivity contribution in [3.05, 3.63) is 12.2 Å². The number of fused-ring (bicyclic) bond motifs is 1. The van der Waals surface area contributed by atoms with Crippen LogP contribution in [0.1, 0.15) is 45.4 Å². The lowest BCUT2D eigenvalue weighted by molar-refractivity contribution is 0.0421. The molecule has 3 rings (SSSR count). The van der Waals surface area contributed by atoms with Crippen molar-refractivity contribution in [1.29, 1.82) is 0 Å². The molecule has 0 saturated heterocycles. The van der Waals surface area contributed by atoms with Gasteiger partial charge in [-0.05, 0) is 25.7 Å². The van der Waals surface area contributed by atoms with Crippen molar-refractivity contribution >= 4 is 0 Å². The van der Waals surface area contributed by atoms with Crippen LogP contribution in [0.25, 0.3) is 0 Å². The highest BCUT2D eigenvalue weighted by Gasteiger charge is 2.39. The summed E-state index contributed by atoms with van der Waals surface area (Å²) in [5.74, 6) is 1.07. The summed E-state index contributed by atoms with van der Waals surface area (Å²) in [5.41, 5.74) is -0.109. The van der Waals surface area contributed by atoms with Crippen LogP contribution in [-0.2, 0) is 13.1 Å². The molecule has 6 heteroatoms. The molecule has 0 bridgehead atoms. The Morgan fingerprint density at radius 3 is 3.10 bits per heavy atom. The Bertz CT molecular complexity index is 474. The molecule has 118 valence electrons. The van der Waals surface area contributed by atoms with Crippen molar-refractivity contribution in [2.45, 2.75) is 70.2 Å². The Morgan fingerprint density at radius 1 is 1.48 bits per heavy atom. The molecule has 1 aromatic rings. The van der Waals surface area contributed by atoms with Gasteiger partial charge in [-0.1, -0.05) is 13.8 Å². The number of rotatable bonds is 4. The van der Waals surface area contributed by atoms with E-state index in [0.29, 0.717) is 12.1 Å². The molecule has 0 radical (unpaired) electrons. The summed E-state index contributed by atoms with van der Waals surface area (Å²) >= 11 is 0. The first-order chi connectivity index (χ1) is 10.1. The summed E-state index contributed by atoms with van der Waals surface area (Å²) in [6.45, 7) is 7.45. The van der Waals surface area contributed by atoms with Crippen LogP contribution in [0.3, 0.4) is 0 Å². The molecule has 0 aromatic carbocycles. The highest BCUT2D eigenvalue weighted by molar-refractivity contribution is 4.99. The second-order valence-electron chi connectivity index (χ2n) is 6.90. The quantitative estimate of drug-likeness (QED) is 0.858. The summed E-state index contributed by atoms with van der Waals surface area (Å²) in [6.07, 6.45) is 6.31. The molecule has 0 amide bonds. The van der Waals surface area contributed by atoms with Crippen LogP contribution >= 0.6 is 0 Å². The third-order valence-corrected chi connectivity index (χ3v) is 4.90. The largest absolute Gasteiger partial charge is 0.394 e. The van der Waals surface area contributed by atoms with Gasteiger partial charge in [0.2, 0.25) is 0 Å². The SMILES string of the molecule is CC(C)NC1(CO)CCCC(N2CCn3cnnc3C2)C1. The number of hydrogen-bond donors (Lipinski definition) is 2. The van der Waals surface area contributed by atoms with Crippen molar-refractivity contribution in [3.8, 4) is 0 Å². The Morgan fingerprint density at radius 2 is 2.33 bits per heavy atom. The Hall–Kier alpha value is -0.980. The second-order valence-corrected chi connectivity index (χ2v) is 6.90. The summed E-state index contributed by atoms with van der Waals surface area (Å²) in [6, 6.07) is 0.933. The Kier molecular flexibility index (Phi) is 4.28. The summed E-state index contributed by atoms with van der Waals surface area (Å²) in [5, 5.41) is 21.8. The van der Waals surface area contributed by atoms with Crippen LogP contribution in [-0.4, -0.2) is 55.5 Å². The van der Waals surface area contributed by atoms with E-state index in [0.717, 1.165) is 38.3 Å². The van der Waals surface area contributed by atoms with Crippen LogP contribution in [0.5, 0.6) is 0 Å². The van der Waals surface area contributed by atoms with Crippen molar-refractivity contribution in [2.24, 2.45) is 0 Å². The topological polar surface area (TPSA) is 66.2 Å². The molecule has 21 heavy (non-hydrogen) atoms. The van der Waals surface area contributed by atoms with Gasteiger partial charge in [0.05, 0.1) is 13.2 Å². The third kappa shape index (κ3) is 3.12. The molecule has 0 spiro atoms. The first-order valence-corrected chi connectivity index (χ1v) is 8.11. The molecule has 2 aliphatic rings. The lowest BCUT2D eigenvalue weighted by Crippen LogP contribution is -2.58. The van der Waals surface area contributed by atoms with E-state index in [4.69, 9.17) is 0 Å². The summed E-state index contributed by atoms with van der Waals surface area (Å²) in [7, 11) is 0. The molecule has 1 aromatic heterocycles. The molecule has 2 atom stereocenters. The van der Waals surface area contributed by atoms with Crippen molar-refractivity contribution in [2.75, 3.05) is 13.2 Å². The maximum absolute atomic E-state index is 9.92. The molecule has 2 N–H and O–H groups in total. The fourth-order valence-corrected chi connectivity index (χ4v) is 3.97. The van der Waals surface area contributed by atoms with Gasteiger partial charge in [0.25, 0.3) is 0 Å². The van der Waals surface area contributed by atoms with Gasteiger partial charge >= 0.3 is 0 Å². The van der Waals surface area contributed by atoms with Crippen molar-refractivity contribution < 1.29 is 5.11 Å². The summed E-state index contributed by atoms with van der Waals surface area (Å²) in [4.78, 5) is 2.52. The van der Waals surface area contributed by atoms with Gasteiger partial charge in [0, 0.05) is 30.7 Å². The van der Waals surface area contributed by atoms with Crippen molar-refractivity contribution in [1.82, 2.24) is 25.0 Å². The van der Waals surface area contributed by atoms with Gasteiger partial charge in [-0.2, -0.15) is 0 Å². The fraction of sp³-hybridized carbons (Fsp3) is 0.867. The van der Waals surface area contributed by atoms with Gasteiger partial charge in [-0.15, -0.1) is 10.2 Å². The standard InChI is InChI=1S/C15H27N5O/c1-12(2)17-15(10-21)5-3-4-13(8-15)19-6-7-20-11-16-18-14(20)9-19/h11-13,17,21H,3-10H2,1-2H3. The molecule has 1 aliphatic heterocycles. The normalized spacial score (nSPS) is 30.6. The molecular formula is C15H27N5O. The number of aliphatic hydroxyl groups is 1. The van der Waals surface area contributed by atoms with Gasteiger partial charge in [-0.25, -0.2) is 0 Å². The highest BCUT2D eigenvalue weighted by Crippen LogP contribution is 2.32. The molecule has 1 saturated carbocycles. The first kappa shape index (κ1) is 14.9. The van der Waals surface area contributed by atoms with E-state index < -0.39 is 0 Å². The lowest BCUT2D eigenvalue weighted by Gasteiger charge is -2.46. The van der Waals surface area contributed by atoms with Gasteiger partial charge < -0.3 is 15.0 Å². The molecular weight excluding hydrogens is 266 g/mol. The highest BCUT2D eigenvalue weighted by atomic mass is 16.3. The molecule has 2 unspecified atom stereocenters. The zero-order valence-electron chi connectivity index (χ0n) is 13.1. The zero-order valence-corrected chi connectivity index (χ0v) is 13.1. The van der Waals surface area contributed by atoms with E-state index in [1.807, 2.05) is 6.33 Å².